The lowest BCUT2D eigenvalue weighted by Gasteiger charge is -2.05. The van der Waals surface area contributed by atoms with E-state index >= 15 is 0 Å². The Morgan fingerprint density at radius 3 is 2.83 bits per heavy atom. The smallest absolute Gasteiger partial charge is 0.356 e. The number of hydrogen-bond acceptors (Lipinski definition) is 3. The van der Waals surface area contributed by atoms with Crippen molar-refractivity contribution in [3.05, 3.63) is 47.5 Å². The summed E-state index contributed by atoms with van der Waals surface area (Å²) in [5.74, 6) is -1.09. The predicted molar refractivity (Wildman–Crippen MR) is 61.2 cm³/mol. The molecule has 0 fully saturated rings. The molecule has 1 aromatic heterocycles. The topological polar surface area (TPSA) is 64.3 Å². The number of ether oxygens (including phenoxy) is 1. The van der Waals surface area contributed by atoms with E-state index in [0.29, 0.717) is 11.3 Å². The summed E-state index contributed by atoms with van der Waals surface area (Å²) in [6.07, 6.45) is 1.49. The Morgan fingerprint density at radius 1 is 1.50 bits per heavy atom. The summed E-state index contributed by atoms with van der Waals surface area (Å²) in [6, 6.07) is 5.86. The van der Waals surface area contributed by atoms with Crippen molar-refractivity contribution in [3.8, 4) is 5.75 Å². The minimum atomic E-state index is -1.11. The van der Waals surface area contributed by atoms with Gasteiger partial charge in [-0.15, -0.1) is 0 Å². The molecule has 0 bridgehead atoms. The average molecular weight is 250 g/mol. The lowest BCUT2D eigenvalue weighted by molar-refractivity contribution is 0.0689. The molecule has 6 heteroatoms. The zero-order chi connectivity index (χ0) is 13.1. The van der Waals surface area contributed by atoms with Gasteiger partial charge in [0.05, 0.1) is 13.7 Å². The summed E-state index contributed by atoms with van der Waals surface area (Å²) < 4.78 is 19.9. The number of aromatic nitrogens is 2. The van der Waals surface area contributed by atoms with E-state index < -0.39 is 11.8 Å². The van der Waals surface area contributed by atoms with Gasteiger partial charge in [-0.25, -0.2) is 9.18 Å². The Bertz CT molecular complexity index is 580. The van der Waals surface area contributed by atoms with Crippen LogP contribution in [0.5, 0.6) is 5.75 Å². The molecule has 94 valence electrons. The summed E-state index contributed by atoms with van der Waals surface area (Å²) in [4.78, 5) is 10.7. The number of carbonyl (C=O) groups is 1. The van der Waals surface area contributed by atoms with Crippen LogP contribution in [0.2, 0.25) is 0 Å². The number of benzene rings is 1. The third kappa shape index (κ3) is 2.48. The average Bonchev–Trinajstić information content (AvgIpc) is 2.80. The van der Waals surface area contributed by atoms with E-state index in [-0.39, 0.29) is 12.2 Å². The van der Waals surface area contributed by atoms with Crippen LogP contribution in [-0.4, -0.2) is 28.0 Å². The van der Waals surface area contributed by atoms with Crippen LogP contribution in [0.1, 0.15) is 16.1 Å². The highest BCUT2D eigenvalue weighted by Gasteiger charge is 2.09. The highest BCUT2D eigenvalue weighted by atomic mass is 19.1. The van der Waals surface area contributed by atoms with Crippen molar-refractivity contribution in [1.29, 1.82) is 0 Å². The normalized spacial score (nSPS) is 10.3. The zero-order valence-electron chi connectivity index (χ0n) is 9.63. The number of carboxylic acid groups (broad SMARTS) is 1. The van der Waals surface area contributed by atoms with Gasteiger partial charge in [0.25, 0.3) is 0 Å². The summed E-state index contributed by atoms with van der Waals surface area (Å²) in [7, 11) is 1.46. The maximum absolute atomic E-state index is 13.7. The molecule has 0 saturated carbocycles. The van der Waals surface area contributed by atoms with E-state index in [1.165, 1.54) is 30.1 Å². The number of methoxy groups -OCH3 is 1. The lowest BCUT2D eigenvalue weighted by atomic mass is 10.2. The van der Waals surface area contributed by atoms with Gasteiger partial charge in [0.15, 0.2) is 5.69 Å². The molecular formula is C12H11FN2O3. The van der Waals surface area contributed by atoms with Gasteiger partial charge in [0.1, 0.15) is 11.6 Å². The Labute approximate surface area is 102 Å². The van der Waals surface area contributed by atoms with Gasteiger partial charge in [0.2, 0.25) is 0 Å². The molecule has 0 amide bonds. The van der Waals surface area contributed by atoms with Crippen LogP contribution >= 0.6 is 0 Å². The molecule has 1 aromatic carbocycles. The van der Waals surface area contributed by atoms with Crippen molar-refractivity contribution >= 4 is 5.97 Å². The molecule has 0 saturated heterocycles. The number of nitrogens with zero attached hydrogens (tertiary/aromatic N) is 2. The lowest BCUT2D eigenvalue weighted by Crippen LogP contribution is -2.05. The highest BCUT2D eigenvalue weighted by molar-refractivity contribution is 5.85. The van der Waals surface area contributed by atoms with Gasteiger partial charge < -0.3 is 9.84 Å². The van der Waals surface area contributed by atoms with Gasteiger partial charge in [-0.3, -0.25) is 4.68 Å². The molecule has 2 rings (SSSR count). The fourth-order valence-electron chi connectivity index (χ4n) is 1.52. The van der Waals surface area contributed by atoms with Crippen LogP contribution < -0.4 is 4.74 Å². The first kappa shape index (κ1) is 12.1. The molecule has 0 spiro atoms. The Morgan fingerprint density at radius 2 is 2.28 bits per heavy atom. The molecule has 0 aliphatic heterocycles. The van der Waals surface area contributed by atoms with Crippen LogP contribution in [-0.2, 0) is 6.54 Å². The van der Waals surface area contributed by atoms with Gasteiger partial charge in [-0.05, 0) is 12.1 Å². The highest BCUT2D eigenvalue weighted by Crippen LogP contribution is 2.17. The van der Waals surface area contributed by atoms with E-state index in [1.54, 1.807) is 12.1 Å². The monoisotopic (exact) mass is 250 g/mol. The molecule has 18 heavy (non-hydrogen) atoms. The number of hydrogen-bond donors (Lipinski definition) is 1. The molecule has 1 heterocycles. The van der Waals surface area contributed by atoms with Crippen LogP contribution in [0.25, 0.3) is 0 Å². The van der Waals surface area contributed by atoms with Crippen molar-refractivity contribution in [3.63, 3.8) is 0 Å². The second kappa shape index (κ2) is 4.87. The number of halogens is 1. The van der Waals surface area contributed by atoms with Crippen molar-refractivity contribution in [2.24, 2.45) is 0 Å². The van der Waals surface area contributed by atoms with E-state index in [4.69, 9.17) is 9.84 Å². The van der Waals surface area contributed by atoms with Gasteiger partial charge in [-0.1, -0.05) is 6.07 Å². The first-order valence-corrected chi connectivity index (χ1v) is 5.19. The van der Waals surface area contributed by atoms with Crippen LogP contribution in [0, 0.1) is 5.82 Å². The first-order chi connectivity index (χ1) is 8.60. The van der Waals surface area contributed by atoms with Gasteiger partial charge >= 0.3 is 5.97 Å². The van der Waals surface area contributed by atoms with Crippen LogP contribution in [0.3, 0.4) is 0 Å². The standard InChI is InChI=1S/C12H11FN2O3/c1-18-9-3-2-8(10(13)6-9)7-15-5-4-11(14-15)12(16)17/h2-6H,7H2,1H3,(H,16,17). The first-order valence-electron chi connectivity index (χ1n) is 5.19. The van der Waals surface area contributed by atoms with E-state index in [2.05, 4.69) is 5.10 Å². The third-order valence-electron chi connectivity index (χ3n) is 2.45. The Hall–Kier alpha value is -2.37. The number of rotatable bonds is 4. The van der Waals surface area contributed by atoms with Crippen molar-refractivity contribution < 1.29 is 19.0 Å². The van der Waals surface area contributed by atoms with Gasteiger partial charge in [0, 0.05) is 17.8 Å². The summed E-state index contributed by atoms with van der Waals surface area (Å²) in [5.41, 5.74) is 0.347. The number of carboxylic acids is 1. The van der Waals surface area contributed by atoms with E-state index in [0.717, 1.165) is 0 Å². The van der Waals surface area contributed by atoms with E-state index in [1.807, 2.05) is 0 Å². The fourth-order valence-corrected chi connectivity index (χ4v) is 1.52. The van der Waals surface area contributed by atoms with Crippen LogP contribution in [0.15, 0.2) is 30.5 Å². The minimum Gasteiger partial charge on any atom is -0.497 e. The van der Waals surface area contributed by atoms with Crippen molar-refractivity contribution in [2.45, 2.75) is 6.54 Å². The maximum Gasteiger partial charge on any atom is 0.356 e. The summed E-state index contributed by atoms with van der Waals surface area (Å²) >= 11 is 0. The van der Waals surface area contributed by atoms with Crippen LogP contribution in [0.4, 0.5) is 4.39 Å². The zero-order valence-corrected chi connectivity index (χ0v) is 9.63. The predicted octanol–water partition coefficient (Wildman–Crippen LogP) is 1.78. The Kier molecular flexibility index (Phi) is 3.27. The number of aromatic carboxylic acids is 1. The van der Waals surface area contributed by atoms with Gasteiger partial charge in [-0.2, -0.15) is 5.10 Å². The summed E-state index contributed by atoms with van der Waals surface area (Å²) in [6.45, 7) is 0.170. The molecule has 5 nitrogen and oxygen atoms in total. The molecular weight excluding hydrogens is 239 g/mol. The largest absolute Gasteiger partial charge is 0.497 e. The third-order valence-corrected chi connectivity index (χ3v) is 2.45. The molecule has 0 aliphatic rings. The molecule has 1 N–H and O–H groups in total. The molecule has 0 unspecified atom stereocenters. The quantitative estimate of drug-likeness (QED) is 0.898. The SMILES string of the molecule is COc1ccc(Cn2ccc(C(=O)O)n2)c(F)c1. The molecule has 0 radical (unpaired) electrons. The molecule has 0 aliphatic carbocycles. The summed E-state index contributed by atoms with van der Waals surface area (Å²) in [5, 5.41) is 12.5. The molecule has 0 atom stereocenters. The minimum absolute atomic E-state index is 0.0658. The second-order valence-corrected chi connectivity index (χ2v) is 3.66. The fraction of sp³-hybridized carbons (Fsp3) is 0.167. The maximum atomic E-state index is 13.7. The van der Waals surface area contributed by atoms with Crippen molar-refractivity contribution in [2.75, 3.05) is 7.11 Å². The second-order valence-electron chi connectivity index (χ2n) is 3.66. The van der Waals surface area contributed by atoms with E-state index in [9.17, 15) is 9.18 Å². The molecule has 2 aromatic rings. The Balaban J connectivity index is 2.20. The van der Waals surface area contributed by atoms with Crippen molar-refractivity contribution in [1.82, 2.24) is 9.78 Å².